The molecule has 0 amide bonds. The van der Waals surface area contributed by atoms with Gasteiger partial charge in [-0.2, -0.15) is 0 Å². The Balaban J connectivity index is 1.81. The minimum atomic E-state index is 0.359. The SMILES string of the molecule is BrC1CCCCCC1OC1CCOC1. The van der Waals surface area contributed by atoms with Gasteiger partial charge in [0.2, 0.25) is 0 Å². The van der Waals surface area contributed by atoms with Gasteiger partial charge in [0.1, 0.15) is 0 Å². The number of ether oxygens (including phenoxy) is 2. The van der Waals surface area contributed by atoms with Gasteiger partial charge in [-0.1, -0.05) is 35.2 Å². The van der Waals surface area contributed by atoms with Crippen molar-refractivity contribution in [2.45, 2.75) is 55.6 Å². The van der Waals surface area contributed by atoms with Gasteiger partial charge in [0, 0.05) is 11.4 Å². The monoisotopic (exact) mass is 262 g/mol. The van der Waals surface area contributed by atoms with Crippen LogP contribution >= 0.6 is 15.9 Å². The summed E-state index contributed by atoms with van der Waals surface area (Å²) < 4.78 is 11.4. The molecule has 2 rings (SSSR count). The highest BCUT2D eigenvalue weighted by atomic mass is 79.9. The van der Waals surface area contributed by atoms with Crippen LogP contribution in [-0.4, -0.2) is 30.2 Å². The Morgan fingerprint density at radius 3 is 2.71 bits per heavy atom. The summed E-state index contributed by atoms with van der Waals surface area (Å²) in [6.45, 7) is 1.68. The summed E-state index contributed by atoms with van der Waals surface area (Å²) in [6, 6.07) is 0. The van der Waals surface area contributed by atoms with Crippen molar-refractivity contribution in [1.82, 2.24) is 0 Å². The van der Waals surface area contributed by atoms with E-state index in [-0.39, 0.29) is 0 Å². The first-order valence-electron chi connectivity index (χ1n) is 5.73. The smallest absolute Gasteiger partial charge is 0.0834 e. The van der Waals surface area contributed by atoms with Crippen LogP contribution in [0.25, 0.3) is 0 Å². The van der Waals surface area contributed by atoms with Crippen molar-refractivity contribution in [3.63, 3.8) is 0 Å². The van der Waals surface area contributed by atoms with Gasteiger partial charge >= 0.3 is 0 Å². The standard InChI is InChI=1S/C11H19BrO2/c12-10-4-2-1-3-5-11(10)14-9-6-7-13-8-9/h9-11H,1-8H2. The topological polar surface area (TPSA) is 18.5 Å². The summed E-state index contributed by atoms with van der Waals surface area (Å²) in [5.74, 6) is 0. The first-order chi connectivity index (χ1) is 6.86. The van der Waals surface area contributed by atoms with E-state index in [0.29, 0.717) is 17.0 Å². The maximum Gasteiger partial charge on any atom is 0.0834 e. The van der Waals surface area contributed by atoms with E-state index < -0.39 is 0 Å². The molecule has 3 atom stereocenters. The summed E-state index contributed by atoms with van der Waals surface area (Å²) >= 11 is 3.75. The maximum atomic E-state index is 6.07. The lowest BCUT2D eigenvalue weighted by Gasteiger charge is -2.23. The second-order valence-electron chi connectivity index (χ2n) is 4.31. The van der Waals surface area contributed by atoms with Crippen LogP contribution in [-0.2, 0) is 9.47 Å². The first kappa shape index (κ1) is 10.9. The molecule has 2 nitrogen and oxygen atoms in total. The third-order valence-electron chi connectivity index (χ3n) is 3.13. The van der Waals surface area contributed by atoms with Gasteiger partial charge in [-0.3, -0.25) is 0 Å². The molecular weight excluding hydrogens is 244 g/mol. The largest absolute Gasteiger partial charge is 0.379 e. The van der Waals surface area contributed by atoms with Crippen LogP contribution in [0.15, 0.2) is 0 Å². The van der Waals surface area contributed by atoms with E-state index >= 15 is 0 Å². The summed E-state index contributed by atoms with van der Waals surface area (Å²) in [7, 11) is 0. The molecule has 3 unspecified atom stereocenters. The van der Waals surface area contributed by atoms with Gasteiger partial charge in [-0.25, -0.2) is 0 Å². The Labute approximate surface area is 94.5 Å². The summed E-state index contributed by atoms with van der Waals surface area (Å²) in [4.78, 5) is 0.561. The normalized spacial score (nSPS) is 39.6. The van der Waals surface area contributed by atoms with Crippen LogP contribution in [0.4, 0.5) is 0 Å². The van der Waals surface area contributed by atoms with E-state index in [1.54, 1.807) is 0 Å². The van der Waals surface area contributed by atoms with Crippen LogP contribution in [0.2, 0.25) is 0 Å². The molecule has 2 fully saturated rings. The predicted octanol–water partition coefficient (Wildman–Crippen LogP) is 2.89. The summed E-state index contributed by atoms with van der Waals surface area (Å²) in [5.41, 5.74) is 0. The van der Waals surface area contributed by atoms with E-state index in [9.17, 15) is 0 Å². The molecular formula is C11H19BrO2. The molecule has 0 aromatic carbocycles. The highest BCUT2D eigenvalue weighted by Crippen LogP contribution is 2.27. The van der Waals surface area contributed by atoms with Crippen molar-refractivity contribution in [2.24, 2.45) is 0 Å². The molecule has 0 radical (unpaired) electrons. The molecule has 0 spiro atoms. The number of hydrogen-bond acceptors (Lipinski definition) is 2. The van der Waals surface area contributed by atoms with Crippen LogP contribution in [0, 0.1) is 0 Å². The molecule has 14 heavy (non-hydrogen) atoms. The molecule has 0 aromatic heterocycles. The number of halogens is 1. The molecule has 82 valence electrons. The molecule has 3 heteroatoms. The zero-order valence-corrected chi connectivity index (χ0v) is 10.2. The lowest BCUT2D eigenvalue weighted by molar-refractivity contribution is -0.0183. The Hall–Kier alpha value is 0.400. The van der Waals surface area contributed by atoms with Gasteiger partial charge in [0.05, 0.1) is 18.8 Å². The van der Waals surface area contributed by atoms with Crippen molar-refractivity contribution < 1.29 is 9.47 Å². The fourth-order valence-corrected chi connectivity index (χ4v) is 2.96. The molecule has 1 saturated heterocycles. The zero-order chi connectivity index (χ0) is 9.80. The fourth-order valence-electron chi connectivity index (χ4n) is 2.25. The molecule has 0 N–H and O–H groups in total. The van der Waals surface area contributed by atoms with Crippen LogP contribution < -0.4 is 0 Å². The van der Waals surface area contributed by atoms with Crippen molar-refractivity contribution in [2.75, 3.05) is 13.2 Å². The Kier molecular flexibility index (Phi) is 4.26. The Bertz CT molecular complexity index is 169. The third kappa shape index (κ3) is 2.94. The molecule has 1 aliphatic heterocycles. The highest BCUT2D eigenvalue weighted by molar-refractivity contribution is 9.09. The van der Waals surface area contributed by atoms with Gasteiger partial charge in [-0.05, 0) is 19.3 Å². The van der Waals surface area contributed by atoms with Crippen molar-refractivity contribution in [1.29, 1.82) is 0 Å². The van der Waals surface area contributed by atoms with Crippen LogP contribution in [0.1, 0.15) is 38.5 Å². The molecule has 1 saturated carbocycles. The van der Waals surface area contributed by atoms with Crippen molar-refractivity contribution >= 4 is 15.9 Å². The van der Waals surface area contributed by atoms with Gasteiger partial charge < -0.3 is 9.47 Å². The first-order valence-corrected chi connectivity index (χ1v) is 6.65. The van der Waals surface area contributed by atoms with Crippen molar-refractivity contribution in [3.05, 3.63) is 0 Å². The molecule has 1 heterocycles. The van der Waals surface area contributed by atoms with E-state index in [2.05, 4.69) is 15.9 Å². The average molecular weight is 263 g/mol. The van der Waals surface area contributed by atoms with Gasteiger partial charge in [-0.15, -0.1) is 0 Å². The number of hydrogen-bond donors (Lipinski definition) is 0. The Morgan fingerprint density at radius 1 is 1.07 bits per heavy atom. The van der Waals surface area contributed by atoms with Gasteiger partial charge in [0.15, 0.2) is 0 Å². The zero-order valence-electron chi connectivity index (χ0n) is 8.58. The summed E-state index contributed by atoms with van der Waals surface area (Å²) in [6.07, 6.45) is 8.36. The van der Waals surface area contributed by atoms with Crippen molar-refractivity contribution in [3.8, 4) is 0 Å². The van der Waals surface area contributed by atoms with E-state index in [1.807, 2.05) is 0 Å². The van der Waals surface area contributed by atoms with Gasteiger partial charge in [0.25, 0.3) is 0 Å². The van der Waals surface area contributed by atoms with E-state index in [1.165, 1.54) is 32.1 Å². The predicted molar refractivity (Wildman–Crippen MR) is 59.9 cm³/mol. The minimum absolute atomic E-state index is 0.359. The molecule has 1 aliphatic carbocycles. The maximum absolute atomic E-state index is 6.07. The lowest BCUT2D eigenvalue weighted by Crippen LogP contribution is -2.29. The number of rotatable bonds is 2. The molecule has 2 aliphatic rings. The fraction of sp³-hybridized carbons (Fsp3) is 1.00. The summed E-state index contributed by atoms with van der Waals surface area (Å²) in [5, 5.41) is 0. The van der Waals surface area contributed by atoms with E-state index in [0.717, 1.165) is 19.6 Å². The number of alkyl halides is 1. The second-order valence-corrected chi connectivity index (χ2v) is 5.49. The highest BCUT2D eigenvalue weighted by Gasteiger charge is 2.26. The van der Waals surface area contributed by atoms with Crippen LogP contribution in [0.3, 0.4) is 0 Å². The third-order valence-corrected chi connectivity index (χ3v) is 4.17. The Morgan fingerprint density at radius 2 is 1.93 bits per heavy atom. The average Bonchev–Trinajstić information content (AvgIpc) is 2.60. The van der Waals surface area contributed by atoms with Crippen LogP contribution in [0.5, 0.6) is 0 Å². The minimum Gasteiger partial charge on any atom is -0.379 e. The molecule has 0 bridgehead atoms. The lowest BCUT2D eigenvalue weighted by atomic mass is 10.1. The second kappa shape index (κ2) is 5.47. The quantitative estimate of drug-likeness (QED) is 0.563. The molecule has 0 aromatic rings. The van der Waals surface area contributed by atoms with E-state index in [4.69, 9.17) is 9.47 Å².